The van der Waals surface area contributed by atoms with Gasteiger partial charge in [0, 0.05) is 6.42 Å². The third-order valence-corrected chi connectivity index (χ3v) is 3.88. The van der Waals surface area contributed by atoms with Gasteiger partial charge in [-0.25, -0.2) is 0 Å². The lowest BCUT2D eigenvalue weighted by molar-refractivity contribution is -0.119. The molecule has 0 aliphatic heterocycles. The minimum atomic E-state index is -0.441. The molecule has 6 nitrogen and oxygen atoms in total. The first-order valence-electron chi connectivity index (χ1n) is 8.81. The number of hydrogen-bond donors (Lipinski definition) is 5. The molecule has 0 amide bonds. The quantitative estimate of drug-likeness (QED) is 0.317. The molecule has 0 saturated carbocycles. The molecule has 0 bridgehead atoms. The molecule has 1 aromatic carbocycles. The second-order valence-corrected chi connectivity index (χ2v) is 6.05. The van der Waals surface area contributed by atoms with E-state index in [0.29, 0.717) is 12.8 Å². The Kier molecular flexibility index (Phi) is 11.1. The molecule has 0 fully saturated rings. The van der Waals surface area contributed by atoms with Crippen molar-refractivity contribution in [2.24, 2.45) is 11.5 Å². The summed E-state index contributed by atoms with van der Waals surface area (Å²) in [5.74, 6) is 0.237. The monoisotopic (exact) mass is 336 g/mol. The maximum Gasteiger partial charge on any atom is 0.153 e. The molecule has 0 aliphatic carbocycles. The smallest absolute Gasteiger partial charge is 0.153 e. The molecular formula is C18H32N4O2. The number of phenolic OH excluding ortho intramolecular Hbond substituents is 1. The molecule has 0 heterocycles. The normalized spacial score (nSPS) is 12.2. The number of carbonyl (C=O) groups excluding carboxylic acids is 1. The zero-order valence-electron chi connectivity index (χ0n) is 14.5. The molecule has 24 heavy (non-hydrogen) atoms. The Bertz CT molecular complexity index is 451. The Morgan fingerprint density at radius 2 is 1.58 bits per heavy atom. The minimum absolute atomic E-state index is 0.0339. The highest BCUT2D eigenvalue weighted by Crippen LogP contribution is 2.11. The molecule has 0 radical (unpaired) electrons. The Hall–Kier alpha value is -1.47. The van der Waals surface area contributed by atoms with Gasteiger partial charge in [-0.1, -0.05) is 12.1 Å². The van der Waals surface area contributed by atoms with Gasteiger partial charge in [-0.2, -0.15) is 0 Å². The van der Waals surface area contributed by atoms with E-state index in [1.165, 1.54) is 0 Å². The maximum absolute atomic E-state index is 12.1. The van der Waals surface area contributed by atoms with Gasteiger partial charge in [-0.3, -0.25) is 4.79 Å². The highest BCUT2D eigenvalue weighted by Gasteiger charge is 2.13. The molecule has 1 unspecified atom stereocenters. The van der Waals surface area contributed by atoms with Crippen molar-refractivity contribution in [3.8, 4) is 5.75 Å². The van der Waals surface area contributed by atoms with Crippen molar-refractivity contribution in [3.05, 3.63) is 29.8 Å². The summed E-state index contributed by atoms with van der Waals surface area (Å²) in [7, 11) is 0. The van der Waals surface area contributed by atoms with Gasteiger partial charge in [0.15, 0.2) is 5.78 Å². The van der Waals surface area contributed by atoms with Crippen LogP contribution in [0.15, 0.2) is 24.3 Å². The number of Topliss-reactive ketones (excluding diaryl/α,β-unsaturated/α-hetero) is 1. The van der Waals surface area contributed by atoms with Gasteiger partial charge >= 0.3 is 0 Å². The number of ketones is 1. The lowest BCUT2D eigenvalue weighted by Crippen LogP contribution is -2.35. The summed E-state index contributed by atoms with van der Waals surface area (Å²) in [5, 5.41) is 15.9. The summed E-state index contributed by atoms with van der Waals surface area (Å²) in [6.45, 7) is 4.44. The summed E-state index contributed by atoms with van der Waals surface area (Å²) in [5.41, 5.74) is 12.2. The highest BCUT2D eigenvalue weighted by molar-refractivity contribution is 5.85. The number of nitrogens with two attached hydrogens (primary N) is 2. The molecule has 1 rings (SSSR count). The summed E-state index contributed by atoms with van der Waals surface area (Å²) in [6, 6.07) is 6.23. The minimum Gasteiger partial charge on any atom is -0.508 e. The van der Waals surface area contributed by atoms with Crippen molar-refractivity contribution < 1.29 is 9.90 Å². The summed E-state index contributed by atoms with van der Waals surface area (Å²) >= 11 is 0. The highest BCUT2D eigenvalue weighted by atomic mass is 16.3. The second kappa shape index (κ2) is 12.9. The van der Waals surface area contributed by atoms with Crippen LogP contribution in [0.5, 0.6) is 5.75 Å². The molecule has 1 atom stereocenters. The topological polar surface area (TPSA) is 113 Å². The number of nitrogens with one attached hydrogen (secondary N) is 2. The molecule has 0 aromatic heterocycles. The largest absolute Gasteiger partial charge is 0.508 e. The number of carbonyl (C=O) groups is 1. The standard InChI is InChI=1S/C18H32N4O2/c19-9-3-12-21-10-1-2-11-22-13-8-17(20)18(24)14-15-4-6-16(23)7-5-15/h4-7,17,21-23H,1-3,8-14,19-20H2. The first-order chi connectivity index (χ1) is 11.6. The van der Waals surface area contributed by atoms with Gasteiger partial charge in [-0.15, -0.1) is 0 Å². The molecule has 0 saturated heterocycles. The van der Waals surface area contributed by atoms with Crippen molar-refractivity contribution in [1.29, 1.82) is 0 Å². The van der Waals surface area contributed by atoms with Crippen molar-refractivity contribution >= 4 is 5.78 Å². The van der Waals surface area contributed by atoms with E-state index in [1.54, 1.807) is 24.3 Å². The number of benzene rings is 1. The van der Waals surface area contributed by atoms with E-state index in [0.717, 1.165) is 57.5 Å². The van der Waals surface area contributed by atoms with Crippen molar-refractivity contribution in [1.82, 2.24) is 10.6 Å². The summed E-state index contributed by atoms with van der Waals surface area (Å²) in [6.07, 6.45) is 4.21. The summed E-state index contributed by atoms with van der Waals surface area (Å²) in [4.78, 5) is 12.1. The Balaban J connectivity index is 2.01. The molecule has 1 aromatic rings. The number of hydrogen-bond acceptors (Lipinski definition) is 6. The first-order valence-corrected chi connectivity index (χ1v) is 8.81. The van der Waals surface area contributed by atoms with E-state index in [-0.39, 0.29) is 11.5 Å². The van der Waals surface area contributed by atoms with Crippen molar-refractivity contribution in [3.63, 3.8) is 0 Å². The Morgan fingerprint density at radius 1 is 1.00 bits per heavy atom. The van der Waals surface area contributed by atoms with Crippen LogP contribution in [0.4, 0.5) is 0 Å². The molecular weight excluding hydrogens is 304 g/mol. The fourth-order valence-electron chi connectivity index (χ4n) is 2.34. The lowest BCUT2D eigenvalue weighted by Gasteiger charge is -2.11. The molecule has 0 aliphatic rings. The maximum atomic E-state index is 12.1. The molecule has 0 spiro atoms. The van der Waals surface area contributed by atoms with Crippen LogP contribution >= 0.6 is 0 Å². The average Bonchev–Trinajstić information content (AvgIpc) is 2.58. The fourth-order valence-corrected chi connectivity index (χ4v) is 2.34. The van der Waals surface area contributed by atoms with E-state index in [9.17, 15) is 9.90 Å². The fraction of sp³-hybridized carbons (Fsp3) is 0.611. The van der Waals surface area contributed by atoms with E-state index in [4.69, 9.17) is 11.5 Å². The van der Waals surface area contributed by atoms with Crippen LogP contribution in [0.1, 0.15) is 31.2 Å². The zero-order chi connectivity index (χ0) is 17.6. The third-order valence-electron chi connectivity index (χ3n) is 3.88. The van der Waals surface area contributed by atoms with Gasteiger partial charge in [0.2, 0.25) is 0 Å². The van der Waals surface area contributed by atoms with Gasteiger partial charge < -0.3 is 27.2 Å². The zero-order valence-corrected chi connectivity index (χ0v) is 14.5. The van der Waals surface area contributed by atoms with Gasteiger partial charge in [0.05, 0.1) is 6.04 Å². The predicted molar refractivity (Wildman–Crippen MR) is 98.1 cm³/mol. The van der Waals surface area contributed by atoms with Crippen LogP contribution in [0, 0.1) is 0 Å². The van der Waals surface area contributed by atoms with Gasteiger partial charge in [0.1, 0.15) is 5.75 Å². The first kappa shape index (κ1) is 20.6. The van der Waals surface area contributed by atoms with Crippen LogP contribution in [0.25, 0.3) is 0 Å². The molecule has 136 valence electrons. The molecule has 7 N–H and O–H groups in total. The van der Waals surface area contributed by atoms with Crippen LogP contribution in [-0.2, 0) is 11.2 Å². The second-order valence-electron chi connectivity index (χ2n) is 6.05. The predicted octanol–water partition coefficient (Wildman–Crippen LogP) is 0.529. The number of aromatic hydroxyl groups is 1. The van der Waals surface area contributed by atoms with Gasteiger partial charge in [-0.05, 0) is 76.1 Å². The van der Waals surface area contributed by atoms with E-state index >= 15 is 0 Å². The number of rotatable bonds is 14. The van der Waals surface area contributed by atoms with E-state index in [1.807, 2.05) is 0 Å². The average molecular weight is 336 g/mol. The van der Waals surface area contributed by atoms with Crippen LogP contribution < -0.4 is 22.1 Å². The SMILES string of the molecule is NCCCNCCCCNCCC(N)C(=O)Cc1ccc(O)cc1. The van der Waals surface area contributed by atoms with E-state index in [2.05, 4.69) is 10.6 Å². The lowest BCUT2D eigenvalue weighted by atomic mass is 10.0. The number of unbranched alkanes of at least 4 members (excludes halogenated alkanes) is 1. The Labute approximate surface area is 145 Å². The van der Waals surface area contributed by atoms with Crippen LogP contribution in [-0.4, -0.2) is 49.7 Å². The van der Waals surface area contributed by atoms with Crippen LogP contribution in [0.2, 0.25) is 0 Å². The van der Waals surface area contributed by atoms with E-state index < -0.39 is 6.04 Å². The summed E-state index contributed by atoms with van der Waals surface area (Å²) < 4.78 is 0. The van der Waals surface area contributed by atoms with Gasteiger partial charge in [0.25, 0.3) is 0 Å². The third kappa shape index (κ3) is 9.62. The Morgan fingerprint density at radius 3 is 2.21 bits per heavy atom. The molecule has 6 heteroatoms. The van der Waals surface area contributed by atoms with Crippen LogP contribution in [0.3, 0.4) is 0 Å². The van der Waals surface area contributed by atoms with Crippen molar-refractivity contribution in [2.45, 2.75) is 38.1 Å². The van der Waals surface area contributed by atoms with Crippen molar-refractivity contribution in [2.75, 3.05) is 32.7 Å². The number of phenols is 1.